The van der Waals surface area contributed by atoms with Crippen LogP contribution in [-0.2, 0) is 6.42 Å². The van der Waals surface area contributed by atoms with Crippen LogP contribution in [0.4, 0.5) is 5.82 Å². The molecule has 4 rings (SSSR count). The number of aliphatic hydroxyl groups is 2. The Balaban J connectivity index is 1.51. The average molecular weight is 486 g/mol. The number of pyridine rings is 1. The van der Waals surface area contributed by atoms with Crippen molar-refractivity contribution in [3.63, 3.8) is 0 Å². The fourth-order valence-corrected chi connectivity index (χ4v) is 4.16. The van der Waals surface area contributed by atoms with Crippen molar-refractivity contribution in [3.8, 4) is 0 Å². The van der Waals surface area contributed by atoms with Gasteiger partial charge in [0.1, 0.15) is 23.8 Å². The minimum atomic E-state index is -1.22. The van der Waals surface area contributed by atoms with Crippen molar-refractivity contribution < 1.29 is 10.2 Å². The van der Waals surface area contributed by atoms with Crippen LogP contribution < -0.4 is 11.2 Å². The zero-order valence-corrected chi connectivity index (χ0v) is 18.5. The molecule has 1 aromatic carbocycles. The van der Waals surface area contributed by atoms with Crippen LogP contribution >= 0.6 is 15.9 Å². The number of aryl methyl sites for hydroxylation is 1. The molecule has 6 N–H and O–H groups in total. The van der Waals surface area contributed by atoms with Gasteiger partial charge in [-0.2, -0.15) is 0 Å². The van der Waals surface area contributed by atoms with E-state index in [9.17, 15) is 10.2 Å². The lowest BCUT2D eigenvalue weighted by atomic mass is 9.91. The van der Waals surface area contributed by atoms with E-state index in [0.29, 0.717) is 29.8 Å². The van der Waals surface area contributed by atoms with E-state index in [2.05, 4.69) is 35.9 Å². The summed E-state index contributed by atoms with van der Waals surface area (Å²) in [5, 5.41) is 30.6. The van der Waals surface area contributed by atoms with Crippen LogP contribution in [0.15, 0.2) is 41.4 Å². The van der Waals surface area contributed by atoms with Gasteiger partial charge in [-0.3, -0.25) is 9.98 Å². The first-order chi connectivity index (χ1) is 14.9. The third kappa shape index (κ3) is 4.18. The maximum Gasteiger partial charge on any atom is 0.173 e. The highest BCUT2D eigenvalue weighted by Crippen LogP contribution is 2.27. The van der Waals surface area contributed by atoms with Crippen molar-refractivity contribution in [1.29, 1.82) is 5.41 Å². The third-order valence-electron chi connectivity index (χ3n) is 5.68. The number of benzene rings is 1. The van der Waals surface area contributed by atoms with Gasteiger partial charge in [0.05, 0.1) is 16.3 Å². The maximum absolute atomic E-state index is 10.9. The van der Waals surface area contributed by atoms with Crippen LogP contribution in [0.5, 0.6) is 0 Å². The normalized spacial score (nSPS) is 14.7. The molecule has 0 aliphatic rings. The predicted molar refractivity (Wildman–Crippen MR) is 121 cm³/mol. The van der Waals surface area contributed by atoms with E-state index in [-0.39, 0.29) is 11.4 Å². The van der Waals surface area contributed by atoms with Crippen molar-refractivity contribution in [2.75, 3.05) is 5.73 Å². The molecule has 9 nitrogen and oxygen atoms in total. The summed E-state index contributed by atoms with van der Waals surface area (Å²) in [5.74, 6) is 0.300. The molecule has 10 heteroatoms. The number of rotatable bonds is 7. The van der Waals surface area contributed by atoms with E-state index in [0.717, 1.165) is 27.4 Å². The van der Waals surface area contributed by atoms with Gasteiger partial charge in [0.15, 0.2) is 17.4 Å². The number of hydrogen-bond acceptors (Lipinski definition) is 7. The lowest BCUT2D eigenvalue weighted by Gasteiger charge is -2.27. The van der Waals surface area contributed by atoms with E-state index in [4.69, 9.17) is 11.1 Å². The Labute approximate surface area is 186 Å². The summed E-state index contributed by atoms with van der Waals surface area (Å²) in [4.78, 5) is 15.4. The van der Waals surface area contributed by atoms with Crippen LogP contribution in [-0.4, -0.2) is 40.8 Å². The number of aliphatic hydroxyl groups excluding tert-OH is 2. The molecule has 0 saturated heterocycles. The van der Waals surface area contributed by atoms with Crippen molar-refractivity contribution in [1.82, 2.24) is 24.5 Å². The number of imidazole rings is 1. The fourth-order valence-electron chi connectivity index (χ4n) is 3.82. The van der Waals surface area contributed by atoms with Crippen LogP contribution in [0.1, 0.15) is 31.6 Å². The Morgan fingerprint density at radius 3 is 2.84 bits per heavy atom. The number of aromatic amines is 1. The minimum Gasteiger partial charge on any atom is -0.388 e. The monoisotopic (exact) mass is 485 g/mol. The molecule has 0 aliphatic heterocycles. The number of nitrogens with one attached hydrogen (secondary N) is 2. The summed E-state index contributed by atoms with van der Waals surface area (Å²) in [7, 11) is 0. The first-order valence-electron chi connectivity index (χ1n) is 10.0. The lowest BCUT2D eigenvalue weighted by Crippen LogP contribution is -2.32. The van der Waals surface area contributed by atoms with Crippen LogP contribution in [0.25, 0.3) is 22.1 Å². The standard InChI is InChI=1S/C21H24BrN7O2/c1-2-12(5-3-11-4-6-13-8-14(22)18(23)28-15(13)7-11)17(30)21(31)29-10-27-19(24)16-20(29)26-9-25-16/h4,6-10,12,17,21,24,30-31H,2-3,5H2,1H3,(H2,23,28)(H,25,26)/t12-,17-,21-/m1/s1. The zero-order chi connectivity index (χ0) is 22.1. The number of fused-ring (bicyclic) bond motifs is 2. The number of nitrogens with zero attached hydrogens (tertiary/aromatic N) is 4. The second-order valence-corrected chi connectivity index (χ2v) is 8.45. The van der Waals surface area contributed by atoms with Gasteiger partial charge in [-0.05, 0) is 52.4 Å². The Kier molecular flexibility index (Phi) is 6.03. The molecule has 0 aliphatic carbocycles. The molecule has 0 unspecified atom stereocenters. The SMILES string of the molecule is CC[C@H](CCc1ccc2cc(Br)c(N)nc2c1)[C@@H](O)[C@@H](O)n1cnc(=N)c2[nH]cnc21. The Morgan fingerprint density at radius 1 is 1.26 bits per heavy atom. The highest BCUT2D eigenvalue weighted by atomic mass is 79.9. The van der Waals surface area contributed by atoms with Crippen molar-refractivity contribution in [2.45, 2.75) is 38.5 Å². The first-order valence-corrected chi connectivity index (χ1v) is 10.8. The number of aromatic nitrogens is 5. The van der Waals surface area contributed by atoms with E-state index in [1.54, 1.807) is 0 Å². The molecule has 4 aromatic rings. The van der Waals surface area contributed by atoms with Crippen LogP contribution in [0, 0.1) is 11.3 Å². The van der Waals surface area contributed by atoms with Crippen molar-refractivity contribution in [2.24, 2.45) is 5.92 Å². The van der Waals surface area contributed by atoms with Gasteiger partial charge in [0, 0.05) is 5.39 Å². The van der Waals surface area contributed by atoms with E-state index in [1.165, 1.54) is 17.2 Å². The summed E-state index contributed by atoms with van der Waals surface area (Å²) >= 11 is 3.40. The highest BCUT2D eigenvalue weighted by Gasteiger charge is 2.27. The van der Waals surface area contributed by atoms with Gasteiger partial charge in [0.2, 0.25) is 0 Å². The molecule has 31 heavy (non-hydrogen) atoms. The van der Waals surface area contributed by atoms with E-state index < -0.39 is 12.3 Å². The molecule has 162 valence electrons. The smallest absolute Gasteiger partial charge is 0.173 e. The van der Waals surface area contributed by atoms with Gasteiger partial charge in [-0.1, -0.05) is 25.5 Å². The predicted octanol–water partition coefficient (Wildman–Crippen LogP) is 2.64. The highest BCUT2D eigenvalue weighted by molar-refractivity contribution is 9.10. The topological polar surface area (TPSA) is 150 Å². The maximum atomic E-state index is 10.9. The number of anilines is 1. The summed E-state index contributed by atoms with van der Waals surface area (Å²) < 4.78 is 2.17. The second kappa shape index (κ2) is 8.74. The van der Waals surface area contributed by atoms with Crippen molar-refractivity contribution in [3.05, 3.63) is 52.4 Å². The number of H-pyrrole nitrogens is 1. The average Bonchev–Trinajstić information content (AvgIpc) is 3.25. The van der Waals surface area contributed by atoms with Gasteiger partial charge in [-0.25, -0.2) is 15.0 Å². The quantitative estimate of drug-likeness (QED) is 0.271. The molecule has 0 saturated carbocycles. The molecular formula is C21H24BrN7O2. The summed E-state index contributed by atoms with van der Waals surface area (Å²) in [6, 6.07) is 8.00. The molecule has 0 amide bonds. The number of nitrogen functional groups attached to an aromatic ring is 1. The van der Waals surface area contributed by atoms with Gasteiger partial charge >= 0.3 is 0 Å². The fraction of sp³-hybridized carbons (Fsp3) is 0.333. The van der Waals surface area contributed by atoms with Crippen molar-refractivity contribution >= 4 is 43.8 Å². The zero-order valence-electron chi connectivity index (χ0n) is 17.0. The molecular weight excluding hydrogens is 462 g/mol. The number of hydrogen-bond donors (Lipinski definition) is 5. The van der Waals surface area contributed by atoms with E-state index >= 15 is 0 Å². The Bertz CT molecular complexity index is 1290. The lowest BCUT2D eigenvalue weighted by molar-refractivity contribution is -0.0601. The third-order valence-corrected chi connectivity index (χ3v) is 6.31. The summed E-state index contributed by atoms with van der Waals surface area (Å²) in [6.07, 6.45) is 2.64. The number of nitrogens with two attached hydrogens (primary N) is 1. The van der Waals surface area contributed by atoms with Crippen LogP contribution in [0.3, 0.4) is 0 Å². The molecule has 0 fully saturated rings. The van der Waals surface area contributed by atoms with Gasteiger partial charge in [0.25, 0.3) is 0 Å². The van der Waals surface area contributed by atoms with Crippen LogP contribution in [0.2, 0.25) is 0 Å². The molecule has 0 spiro atoms. The Morgan fingerprint density at radius 2 is 2.06 bits per heavy atom. The largest absolute Gasteiger partial charge is 0.388 e. The molecule has 3 atom stereocenters. The molecule has 3 aromatic heterocycles. The molecule has 0 bridgehead atoms. The van der Waals surface area contributed by atoms with Gasteiger partial charge < -0.3 is 20.9 Å². The minimum absolute atomic E-state index is 0.0371. The Hall–Kier alpha value is -2.82. The second-order valence-electron chi connectivity index (χ2n) is 7.60. The molecule has 0 radical (unpaired) electrons. The van der Waals surface area contributed by atoms with Gasteiger partial charge in [-0.15, -0.1) is 0 Å². The van der Waals surface area contributed by atoms with E-state index in [1.807, 2.05) is 31.2 Å². The first kappa shape index (κ1) is 21.4. The molecule has 3 heterocycles. The summed E-state index contributed by atoms with van der Waals surface area (Å²) in [5.41, 5.74) is 8.65. The summed E-state index contributed by atoms with van der Waals surface area (Å²) in [6.45, 7) is 1.99. The number of halogens is 1.